The molecule has 0 spiro atoms. The van der Waals surface area contributed by atoms with E-state index >= 15 is 0 Å². The highest BCUT2D eigenvalue weighted by molar-refractivity contribution is 5.67. The fourth-order valence-corrected chi connectivity index (χ4v) is 1.00. The lowest BCUT2D eigenvalue weighted by molar-refractivity contribution is -0.136. The minimum absolute atomic E-state index is 0.124. The van der Waals surface area contributed by atoms with Gasteiger partial charge < -0.3 is 9.84 Å². The maximum Gasteiger partial charge on any atom is 0.303 e. The summed E-state index contributed by atoms with van der Waals surface area (Å²) in [6.07, 6.45) is 5.94. The number of aliphatic carboxylic acids is 1. The quantitative estimate of drug-likeness (QED) is 0.519. The van der Waals surface area contributed by atoms with Crippen LogP contribution in [0.1, 0.15) is 26.7 Å². The van der Waals surface area contributed by atoms with E-state index in [-0.39, 0.29) is 6.42 Å². The largest absolute Gasteiger partial charge is 0.499 e. The molecular weight excluding hydrogens is 192 g/mol. The summed E-state index contributed by atoms with van der Waals surface area (Å²) in [5.41, 5.74) is 0.899. The molecule has 0 saturated carbocycles. The second-order valence-electron chi connectivity index (χ2n) is 3.05. The molecule has 15 heavy (non-hydrogen) atoms. The van der Waals surface area contributed by atoms with Gasteiger partial charge in [-0.2, -0.15) is 0 Å². The van der Waals surface area contributed by atoms with Gasteiger partial charge in [-0.05, 0) is 31.9 Å². The zero-order valence-corrected chi connectivity index (χ0v) is 9.32. The Balaban J connectivity index is 4.26. The summed E-state index contributed by atoms with van der Waals surface area (Å²) in [6.45, 7) is 8.04. The standard InChI is InChI=1S/C12H18O3/c1-4-11(8-9-12(13)14)7-6-10(3)15-5-2/h4,6-7H,1,5,8-9H2,2-3H3,(H,13,14)/b10-6+,11-7+. The van der Waals surface area contributed by atoms with Gasteiger partial charge in [-0.15, -0.1) is 0 Å². The van der Waals surface area contributed by atoms with E-state index in [1.807, 2.05) is 26.0 Å². The van der Waals surface area contributed by atoms with Gasteiger partial charge in [-0.25, -0.2) is 0 Å². The van der Waals surface area contributed by atoms with Gasteiger partial charge in [0.05, 0.1) is 12.4 Å². The predicted octanol–water partition coefficient (Wildman–Crippen LogP) is 2.90. The molecule has 0 unspecified atom stereocenters. The number of carboxylic acid groups (broad SMARTS) is 1. The number of carboxylic acids is 1. The van der Waals surface area contributed by atoms with Crippen LogP contribution >= 0.6 is 0 Å². The maximum absolute atomic E-state index is 10.4. The van der Waals surface area contributed by atoms with Crippen LogP contribution < -0.4 is 0 Å². The molecule has 0 heterocycles. The van der Waals surface area contributed by atoms with E-state index in [9.17, 15) is 4.79 Å². The van der Waals surface area contributed by atoms with E-state index in [4.69, 9.17) is 9.84 Å². The summed E-state index contributed by atoms with van der Waals surface area (Å²) in [4.78, 5) is 10.4. The number of allylic oxidation sites excluding steroid dienone is 5. The first kappa shape index (κ1) is 13.5. The molecule has 0 aromatic rings. The van der Waals surface area contributed by atoms with E-state index in [1.165, 1.54) is 0 Å². The summed E-state index contributed by atoms with van der Waals surface area (Å²) in [6, 6.07) is 0. The Morgan fingerprint density at radius 2 is 2.07 bits per heavy atom. The summed E-state index contributed by atoms with van der Waals surface area (Å²) < 4.78 is 5.23. The van der Waals surface area contributed by atoms with E-state index < -0.39 is 5.97 Å². The lowest BCUT2D eigenvalue weighted by Crippen LogP contribution is -1.94. The van der Waals surface area contributed by atoms with Crippen molar-refractivity contribution in [2.45, 2.75) is 26.7 Å². The molecule has 0 aromatic carbocycles. The highest BCUT2D eigenvalue weighted by atomic mass is 16.5. The van der Waals surface area contributed by atoms with E-state index in [0.717, 1.165) is 11.3 Å². The topological polar surface area (TPSA) is 46.5 Å². The molecule has 0 radical (unpaired) electrons. The molecule has 0 aromatic heterocycles. The molecule has 0 aliphatic carbocycles. The molecule has 3 heteroatoms. The summed E-state index contributed by atoms with van der Waals surface area (Å²) in [7, 11) is 0. The molecule has 0 aliphatic heterocycles. The minimum Gasteiger partial charge on any atom is -0.499 e. The van der Waals surface area contributed by atoms with E-state index in [2.05, 4.69) is 6.58 Å². The van der Waals surface area contributed by atoms with Crippen LogP contribution in [0.4, 0.5) is 0 Å². The third-order valence-electron chi connectivity index (χ3n) is 1.79. The first-order valence-electron chi connectivity index (χ1n) is 4.94. The Morgan fingerprint density at radius 3 is 2.53 bits per heavy atom. The van der Waals surface area contributed by atoms with Gasteiger partial charge in [0.1, 0.15) is 0 Å². The molecule has 1 N–H and O–H groups in total. The smallest absolute Gasteiger partial charge is 0.303 e. The minimum atomic E-state index is -0.798. The maximum atomic E-state index is 10.4. The second kappa shape index (κ2) is 7.85. The second-order valence-corrected chi connectivity index (χ2v) is 3.05. The van der Waals surface area contributed by atoms with Crippen molar-refractivity contribution in [3.8, 4) is 0 Å². The van der Waals surface area contributed by atoms with Crippen molar-refractivity contribution < 1.29 is 14.6 Å². The molecule has 0 rings (SSSR count). The molecule has 0 amide bonds. The van der Waals surface area contributed by atoms with Crippen LogP contribution in [-0.2, 0) is 9.53 Å². The lowest BCUT2D eigenvalue weighted by Gasteiger charge is -2.01. The van der Waals surface area contributed by atoms with Gasteiger partial charge in [0.15, 0.2) is 0 Å². The fourth-order valence-electron chi connectivity index (χ4n) is 1.00. The van der Waals surface area contributed by atoms with Crippen LogP contribution in [0.3, 0.4) is 0 Å². The third-order valence-corrected chi connectivity index (χ3v) is 1.79. The van der Waals surface area contributed by atoms with Crippen LogP contribution in [0.25, 0.3) is 0 Å². The average Bonchev–Trinajstić information content (AvgIpc) is 2.18. The van der Waals surface area contributed by atoms with Gasteiger partial charge in [-0.3, -0.25) is 4.79 Å². The van der Waals surface area contributed by atoms with Crippen molar-refractivity contribution >= 4 is 5.97 Å². The Bertz CT molecular complexity index is 275. The Morgan fingerprint density at radius 1 is 1.40 bits per heavy atom. The summed E-state index contributed by atoms with van der Waals surface area (Å²) in [5, 5.41) is 8.52. The van der Waals surface area contributed by atoms with Crippen molar-refractivity contribution in [2.24, 2.45) is 0 Å². The first-order chi connectivity index (χ1) is 7.10. The number of carbonyl (C=O) groups is 1. The van der Waals surface area contributed by atoms with E-state index in [1.54, 1.807) is 6.08 Å². The number of rotatable bonds is 7. The highest BCUT2D eigenvalue weighted by Crippen LogP contribution is 2.07. The van der Waals surface area contributed by atoms with Crippen molar-refractivity contribution in [1.82, 2.24) is 0 Å². The number of ether oxygens (including phenoxy) is 1. The van der Waals surface area contributed by atoms with Crippen molar-refractivity contribution in [3.63, 3.8) is 0 Å². The predicted molar refractivity (Wildman–Crippen MR) is 60.5 cm³/mol. The van der Waals surface area contributed by atoms with Gasteiger partial charge >= 0.3 is 5.97 Å². The number of hydrogen-bond donors (Lipinski definition) is 1. The van der Waals surface area contributed by atoms with Crippen LogP contribution in [0.2, 0.25) is 0 Å². The Hall–Kier alpha value is -1.51. The van der Waals surface area contributed by atoms with Crippen molar-refractivity contribution in [3.05, 3.63) is 36.1 Å². The van der Waals surface area contributed by atoms with Crippen LogP contribution in [-0.4, -0.2) is 17.7 Å². The van der Waals surface area contributed by atoms with Crippen LogP contribution in [0.15, 0.2) is 36.1 Å². The molecule has 3 nitrogen and oxygen atoms in total. The zero-order chi connectivity index (χ0) is 11.7. The molecule has 0 saturated heterocycles. The molecule has 0 fully saturated rings. The van der Waals surface area contributed by atoms with Crippen LogP contribution in [0, 0.1) is 0 Å². The van der Waals surface area contributed by atoms with Crippen molar-refractivity contribution in [1.29, 1.82) is 0 Å². The first-order valence-corrected chi connectivity index (χ1v) is 4.94. The molecule has 0 aliphatic rings. The highest BCUT2D eigenvalue weighted by Gasteiger charge is 1.98. The number of hydrogen-bond acceptors (Lipinski definition) is 2. The monoisotopic (exact) mass is 210 g/mol. The van der Waals surface area contributed by atoms with Crippen molar-refractivity contribution in [2.75, 3.05) is 6.61 Å². The zero-order valence-electron chi connectivity index (χ0n) is 9.32. The van der Waals surface area contributed by atoms with Gasteiger partial charge in [0.25, 0.3) is 0 Å². The van der Waals surface area contributed by atoms with Gasteiger partial charge in [0, 0.05) is 6.42 Å². The molecular formula is C12H18O3. The third kappa shape index (κ3) is 7.55. The van der Waals surface area contributed by atoms with Gasteiger partial charge in [-0.1, -0.05) is 18.7 Å². The normalized spacial score (nSPS) is 12.4. The molecule has 0 atom stereocenters. The fraction of sp³-hybridized carbons (Fsp3) is 0.417. The summed E-state index contributed by atoms with van der Waals surface area (Å²) >= 11 is 0. The average molecular weight is 210 g/mol. The molecule has 0 bridgehead atoms. The Labute approximate surface area is 90.8 Å². The van der Waals surface area contributed by atoms with Gasteiger partial charge in [0.2, 0.25) is 0 Å². The SMILES string of the molecule is C=C/C(=C\C=C(/C)OCC)CCC(=O)O. The van der Waals surface area contributed by atoms with Crippen LogP contribution in [0.5, 0.6) is 0 Å². The summed E-state index contributed by atoms with van der Waals surface area (Å²) in [5.74, 6) is 0.0143. The van der Waals surface area contributed by atoms with E-state index in [0.29, 0.717) is 13.0 Å². The Kier molecular flexibility index (Phi) is 7.06. The lowest BCUT2D eigenvalue weighted by atomic mass is 10.1. The molecule has 84 valence electrons.